The molecule has 0 radical (unpaired) electrons. The maximum absolute atomic E-state index is 10.7. The van der Waals surface area contributed by atoms with E-state index >= 15 is 0 Å². The molecule has 0 unspecified atom stereocenters. The normalized spacial score (nSPS) is 14.3. The van der Waals surface area contributed by atoms with Gasteiger partial charge in [-0.3, -0.25) is 4.90 Å². The molecule has 1 saturated carbocycles. The second-order valence-corrected chi connectivity index (χ2v) is 9.55. The molecular formula is C29H39N3O3. The van der Waals surface area contributed by atoms with Crippen LogP contribution in [0, 0.1) is 5.92 Å². The number of para-hydroxylation sites is 1. The summed E-state index contributed by atoms with van der Waals surface area (Å²) in [6, 6.07) is 17.8. The highest BCUT2D eigenvalue weighted by atomic mass is 16.5. The molecule has 3 aromatic rings. The van der Waals surface area contributed by atoms with Crippen molar-refractivity contribution in [3.63, 3.8) is 0 Å². The van der Waals surface area contributed by atoms with E-state index in [-0.39, 0.29) is 6.10 Å². The Labute approximate surface area is 209 Å². The molecule has 0 saturated heterocycles. The Morgan fingerprint density at radius 1 is 1.09 bits per heavy atom. The van der Waals surface area contributed by atoms with Gasteiger partial charge in [0.15, 0.2) is 0 Å². The Morgan fingerprint density at radius 2 is 1.86 bits per heavy atom. The van der Waals surface area contributed by atoms with Gasteiger partial charge >= 0.3 is 0 Å². The van der Waals surface area contributed by atoms with Crippen LogP contribution in [0.1, 0.15) is 57.2 Å². The first-order valence-electron chi connectivity index (χ1n) is 13.0. The number of nitrogens with zero attached hydrogens (tertiary/aromatic N) is 3. The third-order valence-corrected chi connectivity index (χ3v) is 6.57. The minimum absolute atomic E-state index is 0.314. The van der Waals surface area contributed by atoms with Crippen LogP contribution in [-0.2, 0) is 13.0 Å². The topological polar surface area (TPSA) is 59.8 Å². The van der Waals surface area contributed by atoms with Crippen molar-refractivity contribution in [2.75, 3.05) is 20.2 Å². The zero-order chi connectivity index (χ0) is 24.6. The molecular weight excluding hydrogens is 438 g/mol. The van der Waals surface area contributed by atoms with E-state index < -0.39 is 0 Å². The minimum atomic E-state index is -0.314. The Bertz CT molecular complexity index is 1060. The number of unbranched alkanes of at least 4 members (excludes halogenated alkanes) is 1. The molecule has 35 heavy (non-hydrogen) atoms. The summed E-state index contributed by atoms with van der Waals surface area (Å²) in [6.45, 7) is 6.69. The average molecular weight is 478 g/mol. The van der Waals surface area contributed by atoms with Crippen molar-refractivity contribution >= 4 is 0 Å². The molecule has 188 valence electrons. The molecule has 6 heteroatoms. The first-order valence-corrected chi connectivity index (χ1v) is 13.0. The number of rotatable bonds is 14. The number of methoxy groups -OCH3 is 1. The molecule has 1 atom stereocenters. The van der Waals surface area contributed by atoms with Crippen LogP contribution in [0.25, 0.3) is 5.69 Å². The van der Waals surface area contributed by atoms with Gasteiger partial charge < -0.3 is 14.6 Å². The van der Waals surface area contributed by atoms with Gasteiger partial charge in [0.2, 0.25) is 5.88 Å². The molecule has 1 fully saturated rings. The summed E-state index contributed by atoms with van der Waals surface area (Å²) >= 11 is 0. The van der Waals surface area contributed by atoms with Gasteiger partial charge in [0.25, 0.3) is 0 Å². The van der Waals surface area contributed by atoms with Crippen LogP contribution in [0.3, 0.4) is 0 Å². The quantitative estimate of drug-likeness (QED) is 0.309. The SMILES string of the molecule is CCCC[C@@H](O)CN(Cc1c(CC)nn(-c2ccccc2)c1Oc1cccc(OC)c1)CC1CC1. The van der Waals surface area contributed by atoms with Gasteiger partial charge in [0.1, 0.15) is 11.5 Å². The Hall–Kier alpha value is -2.83. The second-order valence-electron chi connectivity index (χ2n) is 9.55. The summed E-state index contributed by atoms with van der Waals surface area (Å²) in [6.07, 6.45) is 6.04. The van der Waals surface area contributed by atoms with Crippen molar-refractivity contribution < 1.29 is 14.6 Å². The lowest BCUT2D eigenvalue weighted by Gasteiger charge is -2.25. The molecule has 0 bridgehead atoms. The fraction of sp³-hybridized carbons (Fsp3) is 0.483. The van der Waals surface area contributed by atoms with Crippen LogP contribution in [0.4, 0.5) is 0 Å². The zero-order valence-corrected chi connectivity index (χ0v) is 21.3. The smallest absolute Gasteiger partial charge is 0.227 e. The number of aryl methyl sites for hydroxylation is 1. The highest BCUT2D eigenvalue weighted by Gasteiger charge is 2.28. The van der Waals surface area contributed by atoms with Crippen molar-refractivity contribution in [2.45, 2.75) is 65.0 Å². The van der Waals surface area contributed by atoms with E-state index in [1.165, 1.54) is 12.8 Å². The first kappa shape index (κ1) is 25.3. The molecule has 6 nitrogen and oxygen atoms in total. The Morgan fingerprint density at radius 3 is 2.54 bits per heavy atom. The fourth-order valence-corrected chi connectivity index (χ4v) is 4.47. The van der Waals surface area contributed by atoms with E-state index in [2.05, 4.69) is 18.7 Å². The maximum Gasteiger partial charge on any atom is 0.227 e. The van der Waals surface area contributed by atoms with E-state index in [0.717, 1.165) is 66.7 Å². The predicted octanol–water partition coefficient (Wildman–Crippen LogP) is 6.00. The third-order valence-electron chi connectivity index (χ3n) is 6.57. The number of aliphatic hydroxyl groups excluding tert-OH is 1. The Kier molecular flexibility index (Phi) is 8.83. The zero-order valence-electron chi connectivity index (χ0n) is 21.3. The first-order chi connectivity index (χ1) is 17.1. The third kappa shape index (κ3) is 6.86. The van der Waals surface area contributed by atoms with Gasteiger partial charge in [-0.25, -0.2) is 4.68 Å². The van der Waals surface area contributed by atoms with Gasteiger partial charge in [0.05, 0.1) is 30.2 Å². The van der Waals surface area contributed by atoms with E-state index in [1.54, 1.807) is 7.11 Å². The van der Waals surface area contributed by atoms with E-state index in [1.807, 2.05) is 59.3 Å². The van der Waals surface area contributed by atoms with E-state index in [0.29, 0.717) is 18.8 Å². The highest BCUT2D eigenvalue weighted by Crippen LogP contribution is 2.35. The number of ether oxygens (including phenoxy) is 2. The van der Waals surface area contributed by atoms with Crippen LogP contribution >= 0.6 is 0 Å². The average Bonchev–Trinajstić information content (AvgIpc) is 3.64. The summed E-state index contributed by atoms with van der Waals surface area (Å²) in [5, 5.41) is 15.7. The molecule has 1 aromatic heterocycles. The van der Waals surface area contributed by atoms with Crippen LogP contribution in [0.2, 0.25) is 0 Å². The summed E-state index contributed by atoms with van der Waals surface area (Å²) in [4.78, 5) is 2.40. The number of aliphatic hydroxyl groups is 1. The van der Waals surface area contributed by atoms with Crippen molar-refractivity contribution in [1.82, 2.24) is 14.7 Å². The molecule has 0 amide bonds. The lowest BCUT2D eigenvalue weighted by Crippen LogP contribution is -2.34. The minimum Gasteiger partial charge on any atom is -0.497 e. The van der Waals surface area contributed by atoms with Gasteiger partial charge in [-0.15, -0.1) is 0 Å². The van der Waals surface area contributed by atoms with Gasteiger partial charge in [-0.2, -0.15) is 5.10 Å². The molecule has 0 aliphatic heterocycles. The number of hydrogen-bond acceptors (Lipinski definition) is 5. The van der Waals surface area contributed by atoms with Gasteiger partial charge in [0, 0.05) is 25.7 Å². The number of aromatic nitrogens is 2. The summed E-state index contributed by atoms with van der Waals surface area (Å²) < 4.78 is 13.9. The number of hydrogen-bond donors (Lipinski definition) is 1. The summed E-state index contributed by atoms with van der Waals surface area (Å²) in [5.74, 6) is 2.91. The van der Waals surface area contributed by atoms with Crippen molar-refractivity contribution in [3.05, 3.63) is 65.9 Å². The van der Waals surface area contributed by atoms with Crippen molar-refractivity contribution in [2.24, 2.45) is 5.92 Å². The molecule has 1 aliphatic rings. The standard InChI is InChI=1S/C29H39N3O3/c1-4-6-13-24(33)20-31(19-22-16-17-22)21-27-28(5-2)30-32(23-11-8-7-9-12-23)29(27)35-26-15-10-14-25(18-26)34-3/h7-12,14-15,18,22,24,33H,4-6,13,16-17,19-21H2,1-3H3/t24-/m1/s1. The summed E-state index contributed by atoms with van der Waals surface area (Å²) in [7, 11) is 1.66. The van der Waals surface area contributed by atoms with E-state index in [4.69, 9.17) is 14.6 Å². The molecule has 0 spiro atoms. The van der Waals surface area contributed by atoms with E-state index in [9.17, 15) is 5.11 Å². The van der Waals surface area contributed by atoms with Gasteiger partial charge in [-0.1, -0.05) is 51.0 Å². The fourth-order valence-electron chi connectivity index (χ4n) is 4.47. The highest BCUT2D eigenvalue weighted by molar-refractivity contribution is 5.44. The molecule has 1 aliphatic carbocycles. The number of benzene rings is 2. The molecule has 4 rings (SSSR count). The van der Waals surface area contributed by atoms with Crippen LogP contribution in [-0.4, -0.2) is 46.1 Å². The van der Waals surface area contributed by atoms with Crippen LogP contribution in [0.5, 0.6) is 17.4 Å². The molecule has 1 heterocycles. The van der Waals surface area contributed by atoms with Crippen LogP contribution in [0.15, 0.2) is 54.6 Å². The largest absolute Gasteiger partial charge is 0.497 e. The molecule has 2 aromatic carbocycles. The monoisotopic (exact) mass is 477 g/mol. The Balaban J connectivity index is 1.69. The second kappa shape index (κ2) is 12.2. The van der Waals surface area contributed by atoms with Crippen molar-refractivity contribution in [1.29, 1.82) is 0 Å². The van der Waals surface area contributed by atoms with Crippen LogP contribution < -0.4 is 9.47 Å². The van der Waals surface area contributed by atoms with Gasteiger partial charge in [-0.05, 0) is 55.9 Å². The summed E-state index contributed by atoms with van der Waals surface area (Å²) in [5.41, 5.74) is 3.07. The lowest BCUT2D eigenvalue weighted by atomic mass is 10.1. The maximum atomic E-state index is 10.7. The molecule has 1 N–H and O–H groups in total. The van der Waals surface area contributed by atoms with Crippen molar-refractivity contribution in [3.8, 4) is 23.1 Å². The lowest BCUT2D eigenvalue weighted by molar-refractivity contribution is 0.0965. The predicted molar refractivity (Wildman–Crippen MR) is 140 cm³/mol.